The first-order chi connectivity index (χ1) is 8.60. The molecule has 18 heavy (non-hydrogen) atoms. The predicted octanol–water partition coefficient (Wildman–Crippen LogP) is 1.64. The normalized spacial score (nSPS) is 22.8. The number of rotatable bonds is 3. The minimum atomic E-state index is -0.0800. The second-order valence-electron chi connectivity index (χ2n) is 4.52. The molecule has 0 aliphatic carbocycles. The standard InChI is InChI=1S/C13H18N2O3/c1-8-5-9(7-18-8)13(16)15-10-3-4-11(14)12(6-10)17-2/h3-4,6,8-9H,5,7,14H2,1-2H3,(H,15,16). The molecule has 1 fully saturated rings. The quantitative estimate of drug-likeness (QED) is 0.800. The number of methoxy groups -OCH3 is 1. The van der Waals surface area contributed by atoms with E-state index in [0.717, 1.165) is 6.42 Å². The third-order valence-electron chi connectivity index (χ3n) is 3.07. The fourth-order valence-corrected chi connectivity index (χ4v) is 2.03. The molecular formula is C13H18N2O3. The molecule has 1 saturated heterocycles. The Morgan fingerprint density at radius 3 is 2.94 bits per heavy atom. The first kappa shape index (κ1) is 12.7. The molecule has 1 aromatic rings. The van der Waals surface area contributed by atoms with Crippen molar-refractivity contribution in [2.45, 2.75) is 19.4 Å². The number of nitrogen functional groups attached to an aromatic ring is 1. The van der Waals surface area contributed by atoms with Crippen LogP contribution in [-0.4, -0.2) is 25.7 Å². The van der Waals surface area contributed by atoms with Crippen molar-refractivity contribution in [2.75, 3.05) is 24.8 Å². The Labute approximate surface area is 106 Å². The second-order valence-corrected chi connectivity index (χ2v) is 4.52. The van der Waals surface area contributed by atoms with Gasteiger partial charge in [-0.15, -0.1) is 0 Å². The summed E-state index contributed by atoms with van der Waals surface area (Å²) in [7, 11) is 1.55. The van der Waals surface area contributed by atoms with Gasteiger partial charge in [0.05, 0.1) is 31.4 Å². The number of carbonyl (C=O) groups is 1. The number of hydrogen-bond acceptors (Lipinski definition) is 4. The van der Waals surface area contributed by atoms with E-state index in [1.54, 1.807) is 25.3 Å². The molecule has 1 heterocycles. The molecule has 5 nitrogen and oxygen atoms in total. The fraction of sp³-hybridized carbons (Fsp3) is 0.462. The van der Waals surface area contributed by atoms with E-state index in [0.29, 0.717) is 23.7 Å². The number of anilines is 2. The summed E-state index contributed by atoms with van der Waals surface area (Å²) in [6, 6.07) is 5.18. The number of benzene rings is 1. The maximum Gasteiger partial charge on any atom is 0.229 e. The van der Waals surface area contributed by atoms with Crippen LogP contribution in [0.1, 0.15) is 13.3 Å². The van der Waals surface area contributed by atoms with Gasteiger partial charge in [-0.2, -0.15) is 0 Å². The summed E-state index contributed by atoms with van der Waals surface area (Å²) >= 11 is 0. The van der Waals surface area contributed by atoms with Crippen LogP contribution in [0.5, 0.6) is 5.75 Å². The third kappa shape index (κ3) is 2.73. The number of ether oxygens (including phenoxy) is 2. The number of nitrogens with two attached hydrogens (primary N) is 1. The monoisotopic (exact) mass is 250 g/mol. The van der Waals surface area contributed by atoms with Crippen molar-refractivity contribution in [1.29, 1.82) is 0 Å². The summed E-state index contributed by atoms with van der Waals surface area (Å²) < 4.78 is 10.5. The lowest BCUT2D eigenvalue weighted by Crippen LogP contribution is -2.23. The van der Waals surface area contributed by atoms with E-state index in [4.69, 9.17) is 15.2 Å². The van der Waals surface area contributed by atoms with Gasteiger partial charge < -0.3 is 20.5 Å². The van der Waals surface area contributed by atoms with Crippen LogP contribution in [0.4, 0.5) is 11.4 Å². The lowest BCUT2D eigenvalue weighted by Gasteiger charge is -2.11. The van der Waals surface area contributed by atoms with Gasteiger partial charge in [-0.1, -0.05) is 0 Å². The van der Waals surface area contributed by atoms with Crippen LogP contribution in [0.2, 0.25) is 0 Å². The summed E-state index contributed by atoms with van der Waals surface area (Å²) in [6.07, 6.45) is 0.916. The molecule has 1 aliphatic heterocycles. The molecule has 1 aliphatic rings. The maximum absolute atomic E-state index is 12.0. The van der Waals surface area contributed by atoms with Gasteiger partial charge in [0.2, 0.25) is 5.91 Å². The Morgan fingerprint density at radius 1 is 1.56 bits per heavy atom. The van der Waals surface area contributed by atoms with E-state index in [1.165, 1.54) is 0 Å². The van der Waals surface area contributed by atoms with Gasteiger partial charge in [0, 0.05) is 11.8 Å². The van der Waals surface area contributed by atoms with Crippen molar-refractivity contribution in [3.05, 3.63) is 18.2 Å². The van der Waals surface area contributed by atoms with Gasteiger partial charge in [0.15, 0.2) is 0 Å². The van der Waals surface area contributed by atoms with Gasteiger partial charge in [0.25, 0.3) is 0 Å². The van der Waals surface area contributed by atoms with Crippen molar-refractivity contribution in [3.63, 3.8) is 0 Å². The molecule has 2 unspecified atom stereocenters. The summed E-state index contributed by atoms with van der Waals surface area (Å²) in [5.41, 5.74) is 6.95. The van der Waals surface area contributed by atoms with Crippen LogP contribution in [0.25, 0.3) is 0 Å². The first-order valence-corrected chi connectivity index (χ1v) is 5.96. The van der Waals surface area contributed by atoms with Crippen molar-refractivity contribution in [1.82, 2.24) is 0 Å². The molecule has 98 valence electrons. The van der Waals surface area contributed by atoms with Crippen LogP contribution in [0.3, 0.4) is 0 Å². The lowest BCUT2D eigenvalue weighted by atomic mass is 10.1. The van der Waals surface area contributed by atoms with E-state index < -0.39 is 0 Å². The summed E-state index contributed by atoms with van der Waals surface area (Å²) in [5.74, 6) is 0.457. The number of carbonyl (C=O) groups excluding carboxylic acids is 1. The SMILES string of the molecule is COc1cc(NC(=O)C2COC(C)C2)ccc1N. The zero-order valence-corrected chi connectivity index (χ0v) is 10.6. The zero-order chi connectivity index (χ0) is 13.1. The van der Waals surface area contributed by atoms with Crippen LogP contribution in [-0.2, 0) is 9.53 Å². The molecule has 1 aromatic carbocycles. The highest BCUT2D eigenvalue weighted by molar-refractivity contribution is 5.93. The Bertz CT molecular complexity index is 448. The number of amides is 1. The summed E-state index contributed by atoms with van der Waals surface area (Å²) in [5, 5.41) is 2.85. The highest BCUT2D eigenvalue weighted by Crippen LogP contribution is 2.26. The molecule has 0 saturated carbocycles. The highest BCUT2D eigenvalue weighted by Gasteiger charge is 2.28. The average Bonchev–Trinajstić information content (AvgIpc) is 2.78. The zero-order valence-electron chi connectivity index (χ0n) is 10.6. The fourth-order valence-electron chi connectivity index (χ4n) is 2.03. The molecule has 0 bridgehead atoms. The van der Waals surface area contributed by atoms with Gasteiger partial charge >= 0.3 is 0 Å². The van der Waals surface area contributed by atoms with Crippen LogP contribution < -0.4 is 15.8 Å². The minimum absolute atomic E-state index is 0.0221. The minimum Gasteiger partial charge on any atom is -0.495 e. The molecule has 2 rings (SSSR count). The molecule has 0 radical (unpaired) electrons. The Kier molecular flexibility index (Phi) is 3.72. The Balaban J connectivity index is 2.03. The highest BCUT2D eigenvalue weighted by atomic mass is 16.5. The van der Waals surface area contributed by atoms with Crippen molar-refractivity contribution >= 4 is 17.3 Å². The molecule has 2 atom stereocenters. The molecule has 3 N–H and O–H groups in total. The van der Waals surface area contributed by atoms with Crippen molar-refractivity contribution in [2.24, 2.45) is 5.92 Å². The third-order valence-corrected chi connectivity index (χ3v) is 3.07. The van der Waals surface area contributed by atoms with E-state index in [9.17, 15) is 4.79 Å². The van der Waals surface area contributed by atoms with Gasteiger partial charge in [0.1, 0.15) is 5.75 Å². The lowest BCUT2D eigenvalue weighted by molar-refractivity contribution is -0.119. The van der Waals surface area contributed by atoms with Crippen LogP contribution in [0, 0.1) is 5.92 Å². The molecular weight excluding hydrogens is 232 g/mol. The molecule has 1 amide bonds. The number of nitrogens with one attached hydrogen (secondary N) is 1. The smallest absolute Gasteiger partial charge is 0.229 e. The van der Waals surface area contributed by atoms with Crippen molar-refractivity contribution < 1.29 is 14.3 Å². The molecule has 0 aromatic heterocycles. The molecule has 0 spiro atoms. The van der Waals surface area contributed by atoms with Crippen LogP contribution in [0.15, 0.2) is 18.2 Å². The van der Waals surface area contributed by atoms with Crippen LogP contribution >= 0.6 is 0 Å². The largest absolute Gasteiger partial charge is 0.495 e. The number of hydrogen-bond donors (Lipinski definition) is 2. The van der Waals surface area contributed by atoms with E-state index in [-0.39, 0.29) is 17.9 Å². The van der Waals surface area contributed by atoms with E-state index in [1.807, 2.05) is 6.92 Å². The Hall–Kier alpha value is -1.75. The van der Waals surface area contributed by atoms with Crippen molar-refractivity contribution in [3.8, 4) is 5.75 Å². The average molecular weight is 250 g/mol. The molecule has 5 heteroatoms. The maximum atomic E-state index is 12.0. The topological polar surface area (TPSA) is 73.6 Å². The second kappa shape index (κ2) is 5.27. The van der Waals surface area contributed by atoms with Gasteiger partial charge in [-0.3, -0.25) is 4.79 Å². The predicted molar refractivity (Wildman–Crippen MR) is 69.6 cm³/mol. The van der Waals surface area contributed by atoms with E-state index >= 15 is 0 Å². The van der Waals surface area contributed by atoms with E-state index in [2.05, 4.69) is 5.32 Å². The first-order valence-electron chi connectivity index (χ1n) is 5.96. The summed E-state index contributed by atoms with van der Waals surface area (Å²) in [4.78, 5) is 12.0. The Morgan fingerprint density at radius 2 is 2.33 bits per heavy atom. The summed E-state index contributed by atoms with van der Waals surface area (Å²) in [6.45, 7) is 2.46. The van der Waals surface area contributed by atoms with Gasteiger partial charge in [-0.25, -0.2) is 0 Å². The van der Waals surface area contributed by atoms with Gasteiger partial charge in [-0.05, 0) is 25.5 Å².